The number of anilines is 1. The van der Waals surface area contributed by atoms with E-state index < -0.39 is 29.5 Å². The van der Waals surface area contributed by atoms with E-state index in [0.717, 1.165) is 31.4 Å². The third-order valence-electron chi connectivity index (χ3n) is 6.91. The van der Waals surface area contributed by atoms with Gasteiger partial charge in [-0.05, 0) is 76.3 Å². The molecule has 4 rings (SSSR count). The van der Waals surface area contributed by atoms with Crippen molar-refractivity contribution in [1.29, 1.82) is 0 Å². The number of nitrogens with two attached hydrogens (primary N) is 1. The topological polar surface area (TPSA) is 139 Å². The summed E-state index contributed by atoms with van der Waals surface area (Å²) in [7, 11) is 0. The second-order valence-electron chi connectivity index (χ2n) is 11.2. The molecule has 9 nitrogen and oxygen atoms in total. The fraction of sp³-hybridized carbons (Fsp3) is 0.400. The maximum atomic E-state index is 15.2. The van der Waals surface area contributed by atoms with Gasteiger partial charge in [-0.15, -0.1) is 0 Å². The lowest BCUT2D eigenvalue weighted by atomic mass is 9.84. The number of hydrogen-bond acceptors (Lipinski definition) is 7. The van der Waals surface area contributed by atoms with Crippen LogP contribution in [0.5, 0.6) is 0 Å². The zero-order valence-electron chi connectivity index (χ0n) is 23.3. The number of nitrogens with zero attached hydrogens (tertiary/aromatic N) is 2. The molecule has 0 spiro atoms. The second kappa shape index (κ2) is 12.8. The molecule has 41 heavy (non-hydrogen) atoms. The van der Waals surface area contributed by atoms with E-state index in [-0.39, 0.29) is 29.9 Å². The molecular formula is C30H35ClFN5O4. The van der Waals surface area contributed by atoms with Gasteiger partial charge in [0.2, 0.25) is 0 Å². The number of nitrogen functional groups attached to an aromatic ring is 1. The molecule has 0 aliphatic heterocycles. The Morgan fingerprint density at radius 1 is 1.17 bits per heavy atom. The number of aliphatic hydroxyl groups is 1. The summed E-state index contributed by atoms with van der Waals surface area (Å²) in [5, 5.41) is 15.8. The van der Waals surface area contributed by atoms with Crippen LogP contribution < -0.4 is 16.4 Å². The summed E-state index contributed by atoms with van der Waals surface area (Å²) in [6.07, 6.45) is 4.29. The molecule has 1 saturated carbocycles. The van der Waals surface area contributed by atoms with Gasteiger partial charge in [-0.2, -0.15) is 0 Å². The number of halogens is 2. The Morgan fingerprint density at radius 2 is 1.90 bits per heavy atom. The number of carbonyl (C=O) groups is 2. The zero-order chi connectivity index (χ0) is 29.7. The van der Waals surface area contributed by atoms with Crippen LogP contribution in [0.25, 0.3) is 11.3 Å². The van der Waals surface area contributed by atoms with E-state index in [2.05, 4.69) is 15.6 Å². The molecule has 1 heterocycles. The molecule has 0 bridgehead atoms. The molecule has 11 heteroatoms. The van der Waals surface area contributed by atoms with E-state index >= 15 is 4.39 Å². The van der Waals surface area contributed by atoms with Gasteiger partial charge in [0, 0.05) is 22.5 Å². The number of nitrogens with one attached hydrogen (secondary N) is 2. The standard InChI is InChI=1S/C30H35ClFN5O4/c1-30(2,3)41-29(40)35-21-10-7-17(8-11-21)24-15-34-27(33)26(36-24)19-9-12-22(23(32)14-19)28(39)37-25(16-38)18-5-4-6-20(31)13-18/h4-6,9,12-15,17,21,25,38H,7-8,10-11,16H2,1-3H3,(H2,33,34)(H,35,40)(H,37,39)/t17?,21?,25-/m1/s1. The van der Waals surface area contributed by atoms with Gasteiger partial charge in [-0.25, -0.2) is 19.2 Å². The highest BCUT2D eigenvalue weighted by Gasteiger charge is 2.27. The van der Waals surface area contributed by atoms with Gasteiger partial charge < -0.3 is 26.2 Å². The summed E-state index contributed by atoms with van der Waals surface area (Å²) in [6, 6.07) is 10.1. The van der Waals surface area contributed by atoms with E-state index in [1.54, 1.807) is 36.5 Å². The third kappa shape index (κ3) is 7.92. The van der Waals surface area contributed by atoms with Crippen molar-refractivity contribution in [3.8, 4) is 11.3 Å². The Hall–Kier alpha value is -3.76. The molecule has 0 radical (unpaired) electrons. The van der Waals surface area contributed by atoms with Crippen molar-refractivity contribution in [2.24, 2.45) is 0 Å². The van der Waals surface area contributed by atoms with E-state index in [0.29, 0.717) is 21.8 Å². The number of hydrogen-bond donors (Lipinski definition) is 4. The van der Waals surface area contributed by atoms with Crippen molar-refractivity contribution >= 4 is 29.4 Å². The predicted molar refractivity (Wildman–Crippen MR) is 155 cm³/mol. The summed E-state index contributed by atoms with van der Waals surface area (Å²) >= 11 is 6.02. The Labute approximate surface area is 243 Å². The van der Waals surface area contributed by atoms with Crippen LogP contribution >= 0.6 is 11.6 Å². The minimum atomic E-state index is -0.761. The molecule has 0 saturated heterocycles. The van der Waals surface area contributed by atoms with E-state index in [1.165, 1.54) is 12.1 Å². The van der Waals surface area contributed by atoms with E-state index in [9.17, 15) is 14.7 Å². The van der Waals surface area contributed by atoms with E-state index in [1.807, 2.05) is 20.8 Å². The van der Waals surface area contributed by atoms with Gasteiger partial charge in [0.15, 0.2) is 0 Å². The summed E-state index contributed by atoms with van der Waals surface area (Å²) in [5.41, 5.74) is 7.42. The van der Waals surface area contributed by atoms with Crippen molar-refractivity contribution in [2.75, 3.05) is 12.3 Å². The van der Waals surface area contributed by atoms with Crippen LogP contribution in [-0.4, -0.2) is 45.3 Å². The van der Waals surface area contributed by atoms with Crippen LogP contribution in [0.2, 0.25) is 5.02 Å². The Balaban J connectivity index is 1.44. The largest absolute Gasteiger partial charge is 0.444 e. The van der Waals surface area contributed by atoms with E-state index in [4.69, 9.17) is 27.1 Å². The Bertz CT molecular complexity index is 1410. The molecule has 1 aliphatic rings. The van der Waals surface area contributed by atoms with Crippen molar-refractivity contribution in [3.05, 3.63) is 76.3 Å². The summed E-state index contributed by atoms with van der Waals surface area (Å²) < 4.78 is 20.5. The molecule has 2 aromatic carbocycles. The summed E-state index contributed by atoms with van der Waals surface area (Å²) in [4.78, 5) is 34.0. The van der Waals surface area contributed by atoms with Gasteiger partial charge in [-0.1, -0.05) is 29.8 Å². The van der Waals surface area contributed by atoms with Gasteiger partial charge in [0.25, 0.3) is 5.91 Å². The van der Waals surface area contributed by atoms with Crippen LogP contribution in [0.4, 0.5) is 15.0 Å². The first-order valence-corrected chi connectivity index (χ1v) is 13.9. The maximum absolute atomic E-state index is 15.2. The fourth-order valence-electron chi connectivity index (χ4n) is 4.87. The molecule has 1 aromatic heterocycles. The molecule has 2 amide bonds. The highest BCUT2D eigenvalue weighted by molar-refractivity contribution is 6.30. The molecule has 5 N–H and O–H groups in total. The summed E-state index contributed by atoms with van der Waals surface area (Å²) in [6.45, 7) is 5.09. The van der Waals surface area contributed by atoms with Crippen molar-refractivity contribution < 1.29 is 23.8 Å². The number of aliphatic hydroxyl groups excluding tert-OH is 1. The first-order valence-electron chi connectivity index (χ1n) is 13.5. The zero-order valence-corrected chi connectivity index (χ0v) is 24.0. The highest BCUT2D eigenvalue weighted by Crippen LogP contribution is 2.34. The number of ether oxygens (including phenoxy) is 1. The normalized spacial score (nSPS) is 17.9. The van der Waals surface area contributed by atoms with Crippen LogP contribution in [0.15, 0.2) is 48.7 Å². The minimum absolute atomic E-state index is 0.0133. The van der Waals surface area contributed by atoms with Gasteiger partial charge in [-0.3, -0.25) is 4.79 Å². The van der Waals surface area contributed by atoms with Crippen LogP contribution in [0.1, 0.15) is 80.0 Å². The van der Waals surface area contributed by atoms with Gasteiger partial charge >= 0.3 is 6.09 Å². The number of aromatic nitrogens is 2. The lowest BCUT2D eigenvalue weighted by Gasteiger charge is -2.30. The highest BCUT2D eigenvalue weighted by atomic mass is 35.5. The first-order chi connectivity index (χ1) is 19.4. The number of amides is 2. The molecule has 218 valence electrons. The number of rotatable bonds is 7. The quantitative estimate of drug-likeness (QED) is 0.286. The van der Waals surface area contributed by atoms with Gasteiger partial charge in [0.05, 0.1) is 30.1 Å². The third-order valence-corrected chi connectivity index (χ3v) is 7.15. The number of carbonyl (C=O) groups excluding carboxylic acids is 2. The predicted octanol–water partition coefficient (Wildman–Crippen LogP) is 5.53. The van der Waals surface area contributed by atoms with Crippen molar-refractivity contribution in [1.82, 2.24) is 20.6 Å². The molecule has 1 atom stereocenters. The van der Waals surface area contributed by atoms with Crippen molar-refractivity contribution in [2.45, 2.75) is 70.1 Å². The van der Waals surface area contributed by atoms with Crippen LogP contribution in [0.3, 0.4) is 0 Å². The monoisotopic (exact) mass is 583 g/mol. The molecule has 1 aliphatic carbocycles. The fourth-order valence-corrected chi connectivity index (χ4v) is 5.07. The van der Waals surface area contributed by atoms with Crippen LogP contribution in [0, 0.1) is 5.82 Å². The second-order valence-corrected chi connectivity index (χ2v) is 11.6. The molecule has 0 unspecified atom stereocenters. The Kier molecular flexibility index (Phi) is 9.45. The smallest absolute Gasteiger partial charge is 0.407 e. The lowest BCUT2D eigenvalue weighted by molar-refractivity contribution is 0.0491. The summed E-state index contributed by atoms with van der Waals surface area (Å²) in [5.74, 6) is -1.19. The first kappa shape index (κ1) is 30.2. The van der Waals surface area contributed by atoms with Crippen LogP contribution in [-0.2, 0) is 4.74 Å². The average Bonchev–Trinajstić information content (AvgIpc) is 2.91. The molecule has 3 aromatic rings. The average molecular weight is 584 g/mol. The SMILES string of the molecule is CC(C)(C)OC(=O)NC1CCC(c2cnc(N)c(-c3ccc(C(=O)N[C@H](CO)c4cccc(Cl)c4)c(F)c3)n2)CC1. The maximum Gasteiger partial charge on any atom is 0.407 e. The Morgan fingerprint density at radius 3 is 2.54 bits per heavy atom. The molecular weight excluding hydrogens is 549 g/mol. The number of alkyl carbamates (subject to hydrolysis) is 1. The lowest BCUT2D eigenvalue weighted by Crippen LogP contribution is -2.40. The van der Waals surface area contributed by atoms with Gasteiger partial charge in [0.1, 0.15) is 22.9 Å². The molecule has 1 fully saturated rings. The number of benzene rings is 2. The van der Waals surface area contributed by atoms with Crippen molar-refractivity contribution in [3.63, 3.8) is 0 Å². The minimum Gasteiger partial charge on any atom is -0.444 e.